The van der Waals surface area contributed by atoms with Crippen LogP contribution in [0.3, 0.4) is 0 Å². The summed E-state index contributed by atoms with van der Waals surface area (Å²) in [6.07, 6.45) is 3.50. The number of phenols is 1. The maximum Gasteiger partial charge on any atom is 0.227 e. The lowest BCUT2D eigenvalue weighted by Crippen LogP contribution is -2.42. The maximum atomic E-state index is 13.4. The minimum atomic E-state index is -0.689. The van der Waals surface area contributed by atoms with Crippen molar-refractivity contribution in [2.75, 3.05) is 39.3 Å². The van der Waals surface area contributed by atoms with Crippen LogP contribution in [0.5, 0.6) is 5.75 Å². The highest BCUT2D eigenvalue weighted by Crippen LogP contribution is 2.18. The number of halogens is 1. The number of hydrogen-bond acceptors (Lipinski definition) is 4. The molecule has 1 amide bonds. The van der Waals surface area contributed by atoms with Crippen molar-refractivity contribution in [2.24, 2.45) is 0 Å². The second-order valence-corrected chi connectivity index (χ2v) is 6.66. The molecule has 2 saturated heterocycles. The molecule has 2 heterocycles. The summed E-state index contributed by atoms with van der Waals surface area (Å²) in [5.41, 5.74) is 0.580. The molecule has 2 aliphatic rings. The van der Waals surface area contributed by atoms with Crippen LogP contribution >= 0.6 is 0 Å². The zero-order valence-corrected chi connectivity index (χ0v) is 13.9. The van der Waals surface area contributed by atoms with Crippen LogP contribution in [0, 0.1) is 5.82 Å². The molecule has 132 valence electrons. The molecule has 0 saturated carbocycles. The van der Waals surface area contributed by atoms with Crippen LogP contribution in [0.15, 0.2) is 18.2 Å². The molecule has 24 heavy (non-hydrogen) atoms. The summed E-state index contributed by atoms with van der Waals surface area (Å²) in [4.78, 5) is 16.8. The first kappa shape index (κ1) is 17.2. The Morgan fingerprint density at radius 2 is 2.04 bits per heavy atom. The van der Waals surface area contributed by atoms with Gasteiger partial charge in [0.2, 0.25) is 5.91 Å². The highest BCUT2D eigenvalue weighted by Gasteiger charge is 2.25. The van der Waals surface area contributed by atoms with Gasteiger partial charge in [0, 0.05) is 26.2 Å². The van der Waals surface area contributed by atoms with E-state index in [9.17, 15) is 14.3 Å². The number of carbonyl (C=O) groups excluding carboxylic acids is 1. The van der Waals surface area contributed by atoms with Crippen molar-refractivity contribution in [1.29, 1.82) is 0 Å². The molecule has 0 unspecified atom stereocenters. The van der Waals surface area contributed by atoms with Crippen LogP contribution in [-0.2, 0) is 16.0 Å². The van der Waals surface area contributed by atoms with Gasteiger partial charge in [0.1, 0.15) is 0 Å². The highest BCUT2D eigenvalue weighted by molar-refractivity contribution is 5.78. The molecule has 1 aromatic rings. The van der Waals surface area contributed by atoms with E-state index in [2.05, 4.69) is 4.90 Å². The van der Waals surface area contributed by atoms with Crippen LogP contribution in [0.2, 0.25) is 0 Å². The number of phenolic OH excluding ortho intramolecular Hbond substituents is 1. The quantitative estimate of drug-likeness (QED) is 0.911. The minimum Gasteiger partial charge on any atom is -0.505 e. The van der Waals surface area contributed by atoms with E-state index in [1.807, 2.05) is 4.90 Å². The van der Waals surface area contributed by atoms with E-state index < -0.39 is 5.82 Å². The molecular formula is C18H25FN2O3. The fourth-order valence-electron chi connectivity index (χ4n) is 3.43. The van der Waals surface area contributed by atoms with Crippen LogP contribution < -0.4 is 0 Å². The topological polar surface area (TPSA) is 53.0 Å². The first-order chi connectivity index (χ1) is 11.6. The molecule has 2 aliphatic heterocycles. The molecule has 6 heteroatoms. The number of hydrogen-bond donors (Lipinski definition) is 1. The molecular weight excluding hydrogens is 311 g/mol. The van der Waals surface area contributed by atoms with Gasteiger partial charge in [-0.3, -0.25) is 4.79 Å². The Labute approximate surface area is 142 Å². The predicted octanol–water partition coefficient (Wildman–Crippen LogP) is 1.79. The van der Waals surface area contributed by atoms with Crippen molar-refractivity contribution in [1.82, 2.24) is 9.80 Å². The number of amides is 1. The number of benzene rings is 1. The first-order valence-electron chi connectivity index (χ1n) is 8.71. The first-order valence-corrected chi connectivity index (χ1v) is 8.71. The van der Waals surface area contributed by atoms with Gasteiger partial charge in [-0.1, -0.05) is 6.07 Å². The van der Waals surface area contributed by atoms with Gasteiger partial charge in [0.05, 0.1) is 12.5 Å². The van der Waals surface area contributed by atoms with Crippen molar-refractivity contribution in [3.63, 3.8) is 0 Å². The van der Waals surface area contributed by atoms with Crippen LogP contribution in [-0.4, -0.2) is 66.2 Å². The molecule has 0 bridgehead atoms. The largest absolute Gasteiger partial charge is 0.505 e. The van der Waals surface area contributed by atoms with E-state index >= 15 is 0 Å². The number of nitrogens with zero attached hydrogens (tertiary/aromatic N) is 2. The van der Waals surface area contributed by atoms with E-state index in [0.717, 1.165) is 26.1 Å². The molecule has 1 atom stereocenters. The van der Waals surface area contributed by atoms with Crippen LogP contribution in [0.1, 0.15) is 24.8 Å². The molecule has 3 rings (SSSR count). The highest BCUT2D eigenvalue weighted by atomic mass is 19.1. The van der Waals surface area contributed by atoms with E-state index in [0.29, 0.717) is 25.3 Å². The smallest absolute Gasteiger partial charge is 0.227 e. The fraction of sp³-hybridized carbons (Fsp3) is 0.611. The van der Waals surface area contributed by atoms with E-state index in [-0.39, 0.29) is 24.2 Å². The predicted molar refractivity (Wildman–Crippen MR) is 88.4 cm³/mol. The third-order valence-corrected chi connectivity index (χ3v) is 4.73. The fourth-order valence-corrected chi connectivity index (χ4v) is 3.43. The van der Waals surface area contributed by atoms with Crippen molar-refractivity contribution in [2.45, 2.75) is 31.8 Å². The normalized spacial score (nSPS) is 22.5. The van der Waals surface area contributed by atoms with E-state index in [1.54, 1.807) is 6.07 Å². The summed E-state index contributed by atoms with van der Waals surface area (Å²) in [6, 6.07) is 4.11. The molecule has 0 aliphatic carbocycles. The zero-order valence-electron chi connectivity index (χ0n) is 13.9. The number of carbonyl (C=O) groups is 1. The molecule has 2 fully saturated rings. The Kier molecular flexibility index (Phi) is 5.68. The third-order valence-electron chi connectivity index (χ3n) is 4.73. The molecule has 0 radical (unpaired) electrons. The van der Waals surface area contributed by atoms with Crippen molar-refractivity contribution in [3.05, 3.63) is 29.6 Å². The summed E-state index contributed by atoms with van der Waals surface area (Å²) in [7, 11) is 0. The third kappa shape index (κ3) is 4.45. The second kappa shape index (κ2) is 7.94. The van der Waals surface area contributed by atoms with Crippen molar-refractivity contribution >= 4 is 5.91 Å². The average molecular weight is 336 g/mol. The molecule has 1 aromatic carbocycles. The van der Waals surface area contributed by atoms with Crippen molar-refractivity contribution < 1.29 is 19.0 Å². The summed E-state index contributed by atoms with van der Waals surface area (Å²) in [5, 5.41) is 9.24. The summed E-state index contributed by atoms with van der Waals surface area (Å²) < 4.78 is 19.3. The Balaban J connectivity index is 1.58. The molecule has 0 spiro atoms. The number of rotatable bonds is 4. The van der Waals surface area contributed by atoms with Gasteiger partial charge in [-0.2, -0.15) is 0 Å². The van der Waals surface area contributed by atoms with Crippen LogP contribution in [0.25, 0.3) is 0 Å². The summed E-state index contributed by atoms with van der Waals surface area (Å²) >= 11 is 0. The van der Waals surface area contributed by atoms with Gasteiger partial charge < -0.3 is 19.6 Å². The Morgan fingerprint density at radius 1 is 1.25 bits per heavy atom. The average Bonchev–Trinajstić information content (AvgIpc) is 2.95. The van der Waals surface area contributed by atoms with Gasteiger partial charge in [0.15, 0.2) is 11.6 Å². The Bertz CT molecular complexity index is 575. The molecule has 0 aromatic heterocycles. The van der Waals surface area contributed by atoms with Gasteiger partial charge >= 0.3 is 0 Å². The van der Waals surface area contributed by atoms with E-state index in [1.165, 1.54) is 25.0 Å². The standard InChI is InChI=1S/C18H25FN2O3/c19-16-10-14(4-5-17(16)22)11-18(23)21-8-3-9-24-15(13-21)12-20-6-1-2-7-20/h4-5,10,15,22H,1-3,6-9,11-13H2/t15-/m1/s1. The number of likely N-dealkylation sites (tertiary alicyclic amines) is 1. The lowest BCUT2D eigenvalue weighted by molar-refractivity contribution is -0.131. The zero-order chi connectivity index (χ0) is 16.9. The van der Waals surface area contributed by atoms with Crippen molar-refractivity contribution in [3.8, 4) is 5.75 Å². The second-order valence-electron chi connectivity index (χ2n) is 6.66. The Hall–Kier alpha value is -1.66. The lowest BCUT2D eigenvalue weighted by atomic mass is 10.1. The summed E-state index contributed by atoms with van der Waals surface area (Å²) in [6.45, 7) is 5.04. The minimum absolute atomic E-state index is 0.0167. The Morgan fingerprint density at radius 3 is 2.79 bits per heavy atom. The number of aromatic hydroxyl groups is 1. The van der Waals surface area contributed by atoms with Gasteiger partial charge in [-0.15, -0.1) is 0 Å². The van der Waals surface area contributed by atoms with Gasteiger partial charge in [-0.05, 0) is 50.0 Å². The van der Waals surface area contributed by atoms with E-state index in [4.69, 9.17) is 4.74 Å². The van der Waals surface area contributed by atoms with Gasteiger partial charge in [0.25, 0.3) is 0 Å². The van der Waals surface area contributed by atoms with Crippen LogP contribution in [0.4, 0.5) is 4.39 Å². The summed E-state index contributed by atoms with van der Waals surface area (Å²) in [5.74, 6) is -1.09. The van der Waals surface area contributed by atoms with Gasteiger partial charge in [-0.25, -0.2) is 4.39 Å². The number of ether oxygens (including phenoxy) is 1. The lowest BCUT2D eigenvalue weighted by Gasteiger charge is -2.27. The maximum absolute atomic E-state index is 13.4. The monoisotopic (exact) mass is 336 g/mol. The SMILES string of the molecule is O=C(Cc1ccc(O)c(F)c1)N1CCCO[C@H](CN2CCCC2)C1. The molecule has 5 nitrogen and oxygen atoms in total. The molecule has 1 N–H and O–H groups in total.